The third-order valence-corrected chi connectivity index (χ3v) is 4.12. The number of carboxylic acids is 1. The van der Waals surface area contributed by atoms with Crippen molar-refractivity contribution in [2.75, 3.05) is 7.11 Å². The van der Waals surface area contributed by atoms with Crippen molar-refractivity contribution in [2.45, 2.75) is 18.4 Å². The number of hydrogen-bond acceptors (Lipinski definition) is 4. The van der Waals surface area contributed by atoms with Crippen LogP contribution in [0.2, 0.25) is 0 Å². The second-order valence-corrected chi connectivity index (χ2v) is 5.57. The van der Waals surface area contributed by atoms with E-state index in [0.29, 0.717) is 16.9 Å². The van der Waals surface area contributed by atoms with Crippen molar-refractivity contribution in [1.82, 2.24) is 4.90 Å². The molecule has 1 aliphatic heterocycles. The average molecular weight is 343 g/mol. The van der Waals surface area contributed by atoms with Crippen molar-refractivity contribution in [3.63, 3.8) is 0 Å². The number of benzene rings is 2. The van der Waals surface area contributed by atoms with Crippen molar-refractivity contribution < 1.29 is 29.3 Å². The van der Waals surface area contributed by atoms with Crippen LogP contribution in [0.1, 0.15) is 23.4 Å². The molecule has 0 saturated carbocycles. The molecular formula is C18H17NO6. The van der Waals surface area contributed by atoms with E-state index in [0.717, 1.165) is 4.90 Å². The molecule has 2 N–H and O–H groups in total. The Bertz CT molecular complexity index is 761. The molecule has 1 aliphatic rings. The Hall–Kier alpha value is -3.06. The number of carbonyl (C=O) groups is 2. The largest absolute Gasteiger partial charge is 0.497 e. The molecule has 7 heteroatoms. The maximum atomic E-state index is 11.9. The van der Waals surface area contributed by atoms with Gasteiger partial charge in [-0.1, -0.05) is 42.5 Å². The first-order valence-corrected chi connectivity index (χ1v) is 7.61. The summed E-state index contributed by atoms with van der Waals surface area (Å²) >= 11 is 0. The lowest BCUT2D eigenvalue weighted by atomic mass is 10.0. The molecule has 1 fully saturated rings. The van der Waals surface area contributed by atoms with E-state index >= 15 is 0 Å². The molecule has 25 heavy (non-hydrogen) atoms. The smallest absolute Gasteiger partial charge is 0.410 e. The van der Waals surface area contributed by atoms with Crippen molar-refractivity contribution in [3.05, 3.63) is 65.7 Å². The summed E-state index contributed by atoms with van der Waals surface area (Å²) in [5, 5.41) is 19.2. The van der Waals surface area contributed by atoms with Gasteiger partial charge >= 0.3 is 12.1 Å². The van der Waals surface area contributed by atoms with E-state index in [-0.39, 0.29) is 0 Å². The molecule has 3 rings (SSSR count). The SMILES string of the molecule is COc1ccc([C@@H]2O[C@@H](C(=O)O)[C@H](c3ccccc3)N2C(=O)O)cc1. The molecule has 2 aromatic carbocycles. The van der Waals surface area contributed by atoms with Crippen LogP contribution in [0, 0.1) is 0 Å². The molecule has 0 unspecified atom stereocenters. The molecule has 7 nitrogen and oxygen atoms in total. The van der Waals surface area contributed by atoms with E-state index in [1.165, 1.54) is 7.11 Å². The summed E-state index contributed by atoms with van der Waals surface area (Å²) in [6, 6.07) is 14.3. The zero-order valence-electron chi connectivity index (χ0n) is 13.4. The minimum Gasteiger partial charge on any atom is -0.497 e. The Balaban J connectivity index is 2.04. The normalized spacial score (nSPS) is 22.6. The third-order valence-electron chi connectivity index (χ3n) is 4.12. The molecule has 0 aliphatic carbocycles. The van der Waals surface area contributed by atoms with Gasteiger partial charge < -0.3 is 19.7 Å². The van der Waals surface area contributed by atoms with Gasteiger partial charge in [0.2, 0.25) is 0 Å². The van der Waals surface area contributed by atoms with Crippen LogP contribution < -0.4 is 4.74 Å². The quantitative estimate of drug-likeness (QED) is 0.886. The topological polar surface area (TPSA) is 96.3 Å². The van der Waals surface area contributed by atoms with E-state index in [1.54, 1.807) is 54.6 Å². The van der Waals surface area contributed by atoms with Gasteiger partial charge in [-0.3, -0.25) is 4.90 Å². The second-order valence-electron chi connectivity index (χ2n) is 5.57. The van der Waals surface area contributed by atoms with Crippen molar-refractivity contribution >= 4 is 12.1 Å². The van der Waals surface area contributed by atoms with Crippen molar-refractivity contribution in [3.8, 4) is 5.75 Å². The number of amides is 1. The Morgan fingerprint density at radius 3 is 2.16 bits per heavy atom. The van der Waals surface area contributed by atoms with E-state index in [1.807, 2.05) is 0 Å². The molecule has 0 aromatic heterocycles. The predicted molar refractivity (Wildman–Crippen MR) is 87.3 cm³/mol. The lowest BCUT2D eigenvalue weighted by molar-refractivity contribution is -0.150. The maximum Gasteiger partial charge on any atom is 0.410 e. The maximum absolute atomic E-state index is 11.9. The van der Waals surface area contributed by atoms with Crippen LogP contribution >= 0.6 is 0 Å². The summed E-state index contributed by atoms with van der Waals surface area (Å²) < 4.78 is 10.7. The first kappa shape index (κ1) is 16.8. The molecule has 0 radical (unpaired) electrons. The minimum atomic E-state index is -1.30. The van der Waals surface area contributed by atoms with Crippen molar-refractivity contribution in [2.24, 2.45) is 0 Å². The zero-order valence-corrected chi connectivity index (χ0v) is 13.4. The molecule has 0 bridgehead atoms. The second kappa shape index (κ2) is 6.82. The first-order valence-electron chi connectivity index (χ1n) is 7.61. The van der Waals surface area contributed by atoms with Gasteiger partial charge in [0.1, 0.15) is 11.8 Å². The number of carboxylic acid groups (broad SMARTS) is 2. The monoisotopic (exact) mass is 343 g/mol. The van der Waals surface area contributed by atoms with Crippen LogP contribution in [0.4, 0.5) is 4.79 Å². The minimum absolute atomic E-state index is 0.535. The number of aliphatic carboxylic acids is 1. The van der Waals surface area contributed by atoms with Gasteiger partial charge in [0, 0.05) is 5.56 Å². The summed E-state index contributed by atoms with van der Waals surface area (Å²) in [7, 11) is 1.52. The van der Waals surface area contributed by atoms with Gasteiger partial charge in [0.05, 0.1) is 7.11 Å². The standard InChI is InChI=1S/C18H17NO6/c1-24-13-9-7-12(8-10-13)16-19(18(22)23)14(15(25-16)17(20)21)11-5-3-2-4-6-11/h2-10,14-16H,1H3,(H,20,21)(H,22,23)/t14-,15+,16-/m0/s1. The Morgan fingerprint density at radius 1 is 1.00 bits per heavy atom. The lowest BCUT2D eigenvalue weighted by Gasteiger charge is -2.26. The van der Waals surface area contributed by atoms with Crippen LogP contribution in [0.5, 0.6) is 5.75 Å². The summed E-state index contributed by atoms with van der Waals surface area (Å²) in [4.78, 5) is 24.6. The fourth-order valence-electron chi connectivity index (χ4n) is 2.98. The molecule has 0 spiro atoms. The molecule has 1 amide bonds. The highest BCUT2D eigenvalue weighted by Crippen LogP contribution is 2.43. The van der Waals surface area contributed by atoms with Crippen LogP contribution in [0.3, 0.4) is 0 Å². The van der Waals surface area contributed by atoms with Gasteiger partial charge in [-0.05, 0) is 17.7 Å². The number of ether oxygens (including phenoxy) is 2. The first-order chi connectivity index (χ1) is 12.0. The molecular weight excluding hydrogens is 326 g/mol. The van der Waals surface area contributed by atoms with Gasteiger partial charge in [-0.25, -0.2) is 9.59 Å². The summed E-state index contributed by atoms with van der Waals surface area (Å²) in [6.07, 6.45) is -3.57. The Kier molecular flexibility index (Phi) is 4.58. The summed E-state index contributed by atoms with van der Waals surface area (Å²) in [5.41, 5.74) is 1.10. The summed E-state index contributed by atoms with van der Waals surface area (Å²) in [5.74, 6) is -0.603. The molecule has 3 atom stereocenters. The average Bonchev–Trinajstić information content (AvgIpc) is 3.03. The fraction of sp³-hybridized carbons (Fsp3) is 0.222. The van der Waals surface area contributed by atoms with Crippen LogP contribution in [0.25, 0.3) is 0 Å². The molecule has 2 aromatic rings. The number of methoxy groups -OCH3 is 1. The van der Waals surface area contributed by atoms with Gasteiger partial charge in [-0.2, -0.15) is 0 Å². The van der Waals surface area contributed by atoms with Crippen molar-refractivity contribution in [1.29, 1.82) is 0 Å². The van der Waals surface area contributed by atoms with E-state index in [4.69, 9.17) is 9.47 Å². The van der Waals surface area contributed by atoms with Gasteiger partial charge in [-0.15, -0.1) is 0 Å². The predicted octanol–water partition coefficient (Wildman–Crippen LogP) is 2.90. The lowest BCUT2D eigenvalue weighted by Crippen LogP contribution is -2.35. The Labute approximate surface area is 144 Å². The van der Waals surface area contributed by atoms with E-state index in [2.05, 4.69) is 0 Å². The van der Waals surface area contributed by atoms with Gasteiger partial charge in [0.15, 0.2) is 12.3 Å². The van der Waals surface area contributed by atoms with Crippen LogP contribution in [0.15, 0.2) is 54.6 Å². The van der Waals surface area contributed by atoms with E-state index < -0.39 is 30.4 Å². The molecule has 1 heterocycles. The molecule has 130 valence electrons. The highest BCUT2D eigenvalue weighted by molar-refractivity contribution is 5.77. The zero-order chi connectivity index (χ0) is 18.0. The van der Waals surface area contributed by atoms with Crippen LogP contribution in [-0.4, -0.2) is 40.4 Å². The number of nitrogens with zero attached hydrogens (tertiary/aromatic N) is 1. The highest BCUT2D eigenvalue weighted by atomic mass is 16.6. The fourth-order valence-corrected chi connectivity index (χ4v) is 2.98. The highest BCUT2D eigenvalue weighted by Gasteiger charge is 2.49. The van der Waals surface area contributed by atoms with E-state index in [9.17, 15) is 19.8 Å². The van der Waals surface area contributed by atoms with Gasteiger partial charge in [0.25, 0.3) is 0 Å². The third kappa shape index (κ3) is 3.14. The number of hydrogen-bond donors (Lipinski definition) is 2. The summed E-state index contributed by atoms with van der Waals surface area (Å²) in [6.45, 7) is 0. The Morgan fingerprint density at radius 2 is 1.64 bits per heavy atom. The molecule has 1 saturated heterocycles. The number of rotatable bonds is 4. The van der Waals surface area contributed by atoms with Crippen LogP contribution in [-0.2, 0) is 9.53 Å².